The molecule has 1 aromatic carbocycles. The number of carboxylic acid groups (broad SMARTS) is 1. The maximum atomic E-state index is 12.5. The zero-order valence-electron chi connectivity index (χ0n) is 11.9. The number of benzene rings is 1. The molecule has 1 atom stereocenters. The molecule has 0 spiro atoms. The van der Waals surface area contributed by atoms with Crippen LogP contribution < -0.4 is 14.7 Å². The summed E-state index contributed by atoms with van der Waals surface area (Å²) in [5.74, 6) is -1.77. The Balaban J connectivity index is 2.86. The van der Waals surface area contributed by atoms with Crippen molar-refractivity contribution in [3.63, 3.8) is 0 Å². The van der Waals surface area contributed by atoms with Gasteiger partial charge in [0.2, 0.25) is 5.66 Å². The number of para-hydroxylation sites is 2. The van der Waals surface area contributed by atoms with Crippen LogP contribution in [0.3, 0.4) is 0 Å². The van der Waals surface area contributed by atoms with Crippen molar-refractivity contribution in [2.24, 2.45) is 0 Å². The fourth-order valence-corrected chi connectivity index (χ4v) is 3.29. The quantitative estimate of drug-likeness (QED) is 0.670. The van der Waals surface area contributed by atoms with E-state index in [0.717, 1.165) is 0 Å². The lowest BCUT2D eigenvalue weighted by atomic mass is 10.3. The first-order valence-electron chi connectivity index (χ1n) is 6.45. The molecule has 0 radical (unpaired) electrons. The first kappa shape index (κ1) is 17.7. The van der Waals surface area contributed by atoms with Crippen LogP contribution in [0.25, 0.3) is 0 Å². The van der Waals surface area contributed by atoms with E-state index >= 15 is 0 Å². The number of carboxylic acids is 1. The van der Waals surface area contributed by atoms with Gasteiger partial charge in [0.15, 0.2) is 0 Å². The van der Waals surface area contributed by atoms with Gasteiger partial charge in [0.05, 0.1) is 13.2 Å². The van der Waals surface area contributed by atoms with Crippen molar-refractivity contribution in [1.29, 1.82) is 0 Å². The molecule has 1 aromatic rings. The SMILES string of the molecule is CCO[P+]([O-])(OCC)C(COc1ccccc1[O-])C(=O)O. The Morgan fingerprint density at radius 3 is 2.33 bits per heavy atom. The summed E-state index contributed by atoms with van der Waals surface area (Å²) in [4.78, 5) is 23.8. The van der Waals surface area contributed by atoms with Crippen molar-refractivity contribution in [3.8, 4) is 11.5 Å². The summed E-state index contributed by atoms with van der Waals surface area (Å²) in [7, 11) is -3.86. The first-order valence-corrected chi connectivity index (χ1v) is 8.06. The topological polar surface area (TPSA) is 111 Å². The highest BCUT2D eigenvalue weighted by molar-refractivity contribution is 7.61. The lowest BCUT2D eigenvalue weighted by Gasteiger charge is -2.31. The van der Waals surface area contributed by atoms with Crippen LogP contribution in [0.1, 0.15) is 13.8 Å². The summed E-state index contributed by atoms with van der Waals surface area (Å²) in [6.07, 6.45) is 0. The average Bonchev–Trinajstić information content (AvgIpc) is 2.41. The van der Waals surface area contributed by atoms with Gasteiger partial charge in [-0.05, 0) is 19.9 Å². The van der Waals surface area contributed by atoms with Crippen LogP contribution in [0.5, 0.6) is 11.5 Å². The highest BCUT2D eigenvalue weighted by Gasteiger charge is 2.47. The number of carbonyl (C=O) groups is 1. The van der Waals surface area contributed by atoms with E-state index in [0.29, 0.717) is 0 Å². The third-order valence-electron chi connectivity index (χ3n) is 2.53. The van der Waals surface area contributed by atoms with Crippen LogP contribution in [0, 0.1) is 0 Å². The van der Waals surface area contributed by atoms with E-state index in [9.17, 15) is 19.9 Å². The minimum atomic E-state index is -3.86. The van der Waals surface area contributed by atoms with Crippen LogP contribution >= 0.6 is 7.94 Å². The monoisotopic (exact) mass is 317 g/mol. The van der Waals surface area contributed by atoms with E-state index in [2.05, 4.69) is 0 Å². The van der Waals surface area contributed by atoms with Crippen LogP contribution in [-0.4, -0.2) is 36.6 Å². The van der Waals surface area contributed by atoms with E-state index in [1.54, 1.807) is 19.9 Å². The summed E-state index contributed by atoms with van der Waals surface area (Å²) in [5, 5.41) is 20.7. The Kier molecular flexibility index (Phi) is 6.84. The lowest BCUT2D eigenvalue weighted by molar-refractivity contribution is -0.270. The highest BCUT2D eigenvalue weighted by atomic mass is 31.2. The first-order chi connectivity index (χ1) is 9.94. The number of aliphatic carboxylic acids is 1. The van der Waals surface area contributed by atoms with E-state index in [1.807, 2.05) is 0 Å². The van der Waals surface area contributed by atoms with E-state index in [1.165, 1.54) is 18.2 Å². The predicted octanol–water partition coefficient (Wildman–Crippen LogP) is 0.788. The minimum absolute atomic E-state index is 0.0108. The minimum Gasteiger partial charge on any atom is -0.870 e. The van der Waals surface area contributed by atoms with Gasteiger partial charge in [0.1, 0.15) is 12.4 Å². The number of hydrogen-bond acceptors (Lipinski definition) is 6. The summed E-state index contributed by atoms with van der Waals surface area (Å²) >= 11 is 0. The molecule has 21 heavy (non-hydrogen) atoms. The van der Waals surface area contributed by atoms with E-state index < -0.39 is 26.2 Å². The summed E-state index contributed by atoms with van der Waals surface area (Å²) in [5.41, 5.74) is -1.50. The third kappa shape index (κ3) is 4.82. The van der Waals surface area contributed by atoms with E-state index in [4.69, 9.17) is 13.8 Å². The van der Waals surface area contributed by atoms with Crippen LogP contribution in [-0.2, 0) is 13.8 Å². The second kappa shape index (κ2) is 8.14. The highest BCUT2D eigenvalue weighted by Crippen LogP contribution is 2.57. The van der Waals surface area contributed by atoms with Gasteiger partial charge in [-0.2, -0.15) is 0 Å². The number of ether oxygens (including phenoxy) is 1. The molecular weight excluding hydrogens is 299 g/mol. The molecule has 0 heterocycles. The molecule has 0 amide bonds. The molecule has 0 saturated heterocycles. The standard InChI is InChI=1S/C13H19O7P/c1-3-19-21(17,20-4-2)12(13(15)16)9-18-11-8-6-5-7-10(11)14/h5-8,12,14H,3-4,9H2,1-2H3,(H,15,16)/p-1. The number of rotatable bonds is 9. The predicted molar refractivity (Wildman–Crippen MR) is 73.0 cm³/mol. The summed E-state index contributed by atoms with van der Waals surface area (Å²) in [6.45, 7) is 2.76. The fraction of sp³-hybridized carbons (Fsp3) is 0.462. The normalized spacial score (nSPS) is 12.9. The van der Waals surface area contributed by atoms with Gasteiger partial charge in [0, 0.05) is 0 Å². The number of hydrogen-bond donors (Lipinski definition) is 1. The van der Waals surface area contributed by atoms with Crippen molar-refractivity contribution < 1.29 is 33.7 Å². The van der Waals surface area contributed by atoms with Crippen LogP contribution in [0.15, 0.2) is 24.3 Å². The molecule has 0 aromatic heterocycles. The molecule has 0 bridgehead atoms. The Morgan fingerprint density at radius 2 is 1.86 bits per heavy atom. The Morgan fingerprint density at radius 1 is 1.29 bits per heavy atom. The Labute approximate surface area is 123 Å². The van der Waals surface area contributed by atoms with Gasteiger partial charge in [-0.15, -0.1) is 0 Å². The molecule has 1 N–H and O–H groups in total. The molecule has 0 aliphatic heterocycles. The molecule has 8 heteroatoms. The maximum Gasteiger partial charge on any atom is 0.353 e. The van der Waals surface area contributed by atoms with Gasteiger partial charge >= 0.3 is 5.97 Å². The van der Waals surface area contributed by atoms with Gasteiger partial charge in [-0.3, -0.25) is 0 Å². The molecule has 0 aliphatic rings. The van der Waals surface area contributed by atoms with Crippen molar-refractivity contribution in [2.75, 3.05) is 19.8 Å². The molecule has 118 valence electrons. The van der Waals surface area contributed by atoms with Gasteiger partial charge in [-0.1, -0.05) is 23.9 Å². The molecule has 1 unspecified atom stereocenters. The summed E-state index contributed by atoms with van der Waals surface area (Å²) < 4.78 is 15.2. The maximum absolute atomic E-state index is 12.5. The molecule has 0 fully saturated rings. The molecule has 0 aliphatic carbocycles. The van der Waals surface area contributed by atoms with E-state index in [-0.39, 0.29) is 24.7 Å². The van der Waals surface area contributed by atoms with Gasteiger partial charge < -0.3 is 19.8 Å². The molecular formula is C13H18O7P-. The van der Waals surface area contributed by atoms with Crippen molar-refractivity contribution in [1.82, 2.24) is 0 Å². The average molecular weight is 317 g/mol. The Hall–Kier alpha value is -1.40. The second-order valence-electron chi connectivity index (χ2n) is 3.99. The third-order valence-corrected chi connectivity index (χ3v) is 4.90. The molecule has 7 nitrogen and oxygen atoms in total. The Bertz CT molecular complexity index is 460. The van der Waals surface area contributed by atoms with Crippen LogP contribution in [0.4, 0.5) is 0 Å². The van der Waals surface area contributed by atoms with Crippen molar-refractivity contribution >= 4 is 13.9 Å². The second-order valence-corrected chi connectivity index (χ2v) is 6.21. The van der Waals surface area contributed by atoms with Crippen molar-refractivity contribution in [2.45, 2.75) is 19.5 Å². The van der Waals surface area contributed by atoms with Crippen LogP contribution in [0.2, 0.25) is 0 Å². The smallest absolute Gasteiger partial charge is 0.353 e. The summed E-state index contributed by atoms with van der Waals surface area (Å²) in [6, 6.07) is 5.82. The zero-order chi connectivity index (χ0) is 15.9. The van der Waals surface area contributed by atoms with Crippen molar-refractivity contribution in [3.05, 3.63) is 24.3 Å². The lowest BCUT2D eigenvalue weighted by Crippen LogP contribution is -2.38. The zero-order valence-corrected chi connectivity index (χ0v) is 12.7. The molecule has 1 rings (SSSR count). The fourth-order valence-electron chi connectivity index (χ4n) is 1.61. The largest absolute Gasteiger partial charge is 0.870 e. The van der Waals surface area contributed by atoms with Gasteiger partial charge in [-0.25, -0.2) is 13.8 Å². The molecule has 0 saturated carbocycles. The van der Waals surface area contributed by atoms with Gasteiger partial charge in [0.25, 0.3) is 7.94 Å².